The Morgan fingerprint density at radius 1 is 1.57 bits per heavy atom. The van der Waals surface area contributed by atoms with Gasteiger partial charge in [-0.1, -0.05) is 11.6 Å². The molecule has 0 aromatic carbocycles. The Hall–Kier alpha value is -0.560. The second-order valence-corrected chi connectivity index (χ2v) is 5.05. The van der Waals surface area contributed by atoms with Crippen LogP contribution in [0.4, 0.5) is 0 Å². The third-order valence-corrected chi connectivity index (χ3v) is 3.39. The molecule has 2 nitrogen and oxygen atoms in total. The number of nitrogens with one attached hydrogen (secondary N) is 1. The van der Waals surface area contributed by atoms with Crippen LogP contribution in [0.2, 0.25) is 4.34 Å². The van der Waals surface area contributed by atoms with E-state index in [1.807, 2.05) is 19.1 Å². The quantitative estimate of drug-likeness (QED) is 0.859. The maximum Gasteiger partial charge on any atom is 0.0931 e. The van der Waals surface area contributed by atoms with Crippen molar-refractivity contribution in [2.75, 3.05) is 6.54 Å². The Balaban J connectivity index is 2.43. The lowest BCUT2D eigenvalue weighted by Gasteiger charge is -2.12. The van der Waals surface area contributed by atoms with E-state index in [0.717, 1.165) is 4.34 Å². The van der Waals surface area contributed by atoms with Crippen molar-refractivity contribution in [1.29, 1.82) is 5.26 Å². The van der Waals surface area contributed by atoms with Gasteiger partial charge in [0.25, 0.3) is 0 Å². The molecule has 0 saturated carbocycles. The van der Waals surface area contributed by atoms with Crippen LogP contribution in [0.3, 0.4) is 0 Å². The van der Waals surface area contributed by atoms with E-state index in [2.05, 4.69) is 18.3 Å². The van der Waals surface area contributed by atoms with Crippen molar-refractivity contribution < 1.29 is 0 Å². The summed E-state index contributed by atoms with van der Waals surface area (Å²) in [5, 5.41) is 11.9. The van der Waals surface area contributed by atoms with Crippen molar-refractivity contribution in [3.8, 4) is 6.07 Å². The van der Waals surface area contributed by atoms with Crippen LogP contribution in [0.1, 0.15) is 24.8 Å². The number of rotatable bonds is 4. The van der Waals surface area contributed by atoms with Crippen LogP contribution in [0.15, 0.2) is 12.1 Å². The van der Waals surface area contributed by atoms with E-state index in [1.165, 1.54) is 4.88 Å². The number of halogens is 1. The smallest absolute Gasteiger partial charge is 0.0931 e. The summed E-state index contributed by atoms with van der Waals surface area (Å²) < 4.78 is 0.807. The first-order chi connectivity index (χ1) is 6.63. The summed E-state index contributed by atoms with van der Waals surface area (Å²) in [6.07, 6.45) is 0. The highest BCUT2D eigenvalue weighted by Crippen LogP contribution is 2.26. The van der Waals surface area contributed by atoms with Crippen molar-refractivity contribution in [3.05, 3.63) is 21.3 Å². The Labute approximate surface area is 93.5 Å². The molecule has 1 rings (SSSR count). The van der Waals surface area contributed by atoms with E-state index in [4.69, 9.17) is 16.9 Å². The van der Waals surface area contributed by atoms with Crippen LogP contribution < -0.4 is 5.32 Å². The first-order valence-electron chi connectivity index (χ1n) is 4.51. The third kappa shape index (κ3) is 3.30. The first kappa shape index (κ1) is 11.5. The molecule has 0 amide bonds. The van der Waals surface area contributed by atoms with Gasteiger partial charge in [-0.15, -0.1) is 11.3 Å². The van der Waals surface area contributed by atoms with Crippen molar-refractivity contribution in [3.63, 3.8) is 0 Å². The van der Waals surface area contributed by atoms with Gasteiger partial charge in [-0.05, 0) is 26.0 Å². The van der Waals surface area contributed by atoms with E-state index in [1.54, 1.807) is 11.3 Å². The molecule has 0 spiro atoms. The largest absolute Gasteiger partial charge is 0.308 e. The molecular weight excluding hydrogens is 216 g/mol. The summed E-state index contributed by atoms with van der Waals surface area (Å²) in [6.45, 7) is 4.70. The maximum atomic E-state index is 8.61. The van der Waals surface area contributed by atoms with Gasteiger partial charge in [-0.2, -0.15) is 5.26 Å². The van der Waals surface area contributed by atoms with Crippen LogP contribution >= 0.6 is 22.9 Å². The first-order valence-corrected chi connectivity index (χ1v) is 5.71. The predicted molar refractivity (Wildman–Crippen MR) is 60.5 cm³/mol. The Kier molecular flexibility index (Phi) is 4.40. The molecule has 0 fully saturated rings. The van der Waals surface area contributed by atoms with Gasteiger partial charge < -0.3 is 5.32 Å². The number of nitrogens with zero attached hydrogens (tertiary/aromatic N) is 1. The highest BCUT2D eigenvalue weighted by atomic mass is 35.5. The Morgan fingerprint density at radius 3 is 2.79 bits per heavy atom. The molecule has 0 aliphatic rings. The molecule has 0 bridgehead atoms. The van der Waals surface area contributed by atoms with E-state index in [-0.39, 0.29) is 12.0 Å². The zero-order valence-corrected chi connectivity index (χ0v) is 9.82. The topological polar surface area (TPSA) is 35.8 Å². The second kappa shape index (κ2) is 5.35. The van der Waals surface area contributed by atoms with Gasteiger partial charge in [0.1, 0.15) is 0 Å². The number of thiophene rings is 1. The molecule has 76 valence electrons. The molecule has 4 heteroatoms. The number of hydrogen-bond donors (Lipinski definition) is 1. The van der Waals surface area contributed by atoms with Crippen molar-refractivity contribution in [1.82, 2.24) is 5.32 Å². The lowest BCUT2D eigenvalue weighted by atomic mass is 10.2. The van der Waals surface area contributed by atoms with E-state index < -0.39 is 0 Å². The Bertz CT molecular complexity index is 329. The summed E-state index contributed by atoms with van der Waals surface area (Å²) in [7, 11) is 0. The zero-order chi connectivity index (χ0) is 10.6. The van der Waals surface area contributed by atoms with Crippen molar-refractivity contribution in [2.24, 2.45) is 5.92 Å². The minimum absolute atomic E-state index is 0.0490. The van der Waals surface area contributed by atoms with Gasteiger partial charge in [0, 0.05) is 17.5 Å². The van der Waals surface area contributed by atoms with Crippen LogP contribution in [-0.4, -0.2) is 6.54 Å². The van der Waals surface area contributed by atoms with Gasteiger partial charge in [0.05, 0.1) is 16.3 Å². The molecular formula is C10H13ClN2S. The molecule has 1 aromatic rings. The van der Waals surface area contributed by atoms with Crippen molar-refractivity contribution in [2.45, 2.75) is 19.9 Å². The minimum atomic E-state index is 0.0490. The van der Waals surface area contributed by atoms with Gasteiger partial charge >= 0.3 is 0 Å². The zero-order valence-electron chi connectivity index (χ0n) is 8.25. The molecule has 0 radical (unpaired) electrons. The van der Waals surface area contributed by atoms with Crippen LogP contribution in [0, 0.1) is 17.2 Å². The fourth-order valence-electron chi connectivity index (χ4n) is 1.06. The van der Waals surface area contributed by atoms with E-state index >= 15 is 0 Å². The van der Waals surface area contributed by atoms with E-state index in [9.17, 15) is 0 Å². The summed E-state index contributed by atoms with van der Waals surface area (Å²) in [5.74, 6) is 0.0490. The fraction of sp³-hybridized carbons (Fsp3) is 0.500. The molecule has 14 heavy (non-hydrogen) atoms. The van der Waals surface area contributed by atoms with Gasteiger partial charge in [0.15, 0.2) is 0 Å². The molecule has 2 unspecified atom stereocenters. The lowest BCUT2D eigenvalue weighted by molar-refractivity contribution is 0.533. The normalized spacial score (nSPS) is 14.7. The molecule has 1 aromatic heterocycles. The average Bonchev–Trinajstić information content (AvgIpc) is 2.60. The SMILES string of the molecule is CC(C#N)CNC(C)c1ccc(Cl)s1. The highest BCUT2D eigenvalue weighted by molar-refractivity contribution is 7.16. The number of hydrogen-bond acceptors (Lipinski definition) is 3. The van der Waals surface area contributed by atoms with Gasteiger partial charge in [0.2, 0.25) is 0 Å². The predicted octanol–water partition coefficient (Wildman–Crippen LogP) is 3.21. The van der Waals surface area contributed by atoms with Crippen molar-refractivity contribution >= 4 is 22.9 Å². The summed E-state index contributed by atoms with van der Waals surface area (Å²) in [5.41, 5.74) is 0. The molecule has 0 saturated heterocycles. The molecule has 0 aliphatic heterocycles. The minimum Gasteiger partial charge on any atom is -0.308 e. The lowest BCUT2D eigenvalue weighted by Crippen LogP contribution is -2.23. The monoisotopic (exact) mass is 228 g/mol. The molecule has 1 heterocycles. The highest BCUT2D eigenvalue weighted by Gasteiger charge is 2.08. The van der Waals surface area contributed by atoms with Crippen LogP contribution in [0.25, 0.3) is 0 Å². The fourth-order valence-corrected chi connectivity index (χ4v) is 2.15. The second-order valence-electron chi connectivity index (χ2n) is 3.30. The molecule has 1 N–H and O–H groups in total. The summed E-state index contributed by atoms with van der Waals surface area (Å²) in [4.78, 5) is 1.21. The average molecular weight is 229 g/mol. The van der Waals surface area contributed by atoms with E-state index in [0.29, 0.717) is 6.54 Å². The third-order valence-electron chi connectivity index (χ3n) is 1.97. The van der Waals surface area contributed by atoms with Gasteiger partial charge in [-0.25, -0.2) is 0 Å². The maximum absolute atomic E-state index is 8.61. The summed E-state index contributed by atoms with van der Waals surface area (Å²) >= 11 is 7.41. The van der Waals surface area contributed by atoms with Crippen LogP contribution in [-0.2, 0) is 0 Å². The molecule has 2 atom stereocenters. The van der Waals surface area contributed by atoms with Crippen LogP contribution in [0.5, 0.6) is 0 Å². The summed E-state index contributed by atoms with van der Waals surface area (Å²) in [6, 6.07) is 6.37. The standard InChI is InChI=1S/C10H13ClN2S/c1-7(5-12)6-13-8(2)9-3-4-10(11)14-9/h3-4,7-8,13H,6H2,1-2H3. The Morgan fingerprint density at radius 2 is 2.29 bits per heavy atom. The molecule has 0 aliphatic carbocycles. The number of nitriles is 1. The van der Waals surface area contributed by atoms with Gasteiger partial charge in [-0.3, -0.25) is 0 Å².